The Hall–Kier alpha value is -3.23. The maximum atomic E-state index is 5.92. The van der Waals surface area contributed by atoms with E-state index in [0.717, 1.165) is 40.7 Å². The predicted octanol–water partition coefficient (Wildman–Crippen LogP) is 7.28. The van der Waals surface area contributed by atoms with Crippen molar-refractivity contribution in [2.45, 2.75) is 33.1 Å². The predicted molar refractivity (Wildman–Crippen MR) is 138 cm³/mol. The molecule has 0 heterocycles. The molecule has 31 heavy (non-hydrogen) atoms. The van der Waals surface area contributed by atoms with Crippen LogP contribution in [0, 0.1) is 0 Å². The number of hydrogen-bond acceptors (Lipinski definition) is 2. The first-order valence-electron chi connectivity index (χ1n) is 10.8. The lowest BCUT2D eigenvalue weighted by Crippen LogP contribution is -2.07. The highest BCUT2D eigenvalue weighted by Crippen LogP contribution is 2.39. The molecular weight excluding hydrogens is 376 g/mol. The molecule has 0 radical (unpaired) electrons. The van der Waals surface area contributed by atoms with E-state index < -0.39 is 0 Å². The minimum atomic E-state index is 0.543. The van der Waals surface area contributed by atoms with Crippen molar-refractivity contribution in [1.29, 1.82) is 0 Å². The molecule has 1 aliphatic rings. The van der Waals surface area contributed by atoms with Crippen molar-refractivity contribution in [1.82, 2.24) is 0 Å². The summed E-state index contributed by atoms with van der Waals surface area (Å²) in [6.45, 7) is 17.2. The summed E-state index contributed by atoms with van der Waals surface area (Å²) in [5.74, 6) is 0. The molecule has 0 fully saturated rings. The molecule has 0 saturated heterocycles. The first-order chi connectivity index (χ1) is 15.0. The average Bonchev–Trinajstić information content (AvgIpc) is 2.78. The fraction of sp³-hybridized carbons (Fsp3) is 0.207. The standard InChI is InChI=1S/C29H34N2/c1-6-25(21-31-7-2)18-17-23(4)28(24(5)19-20-30)29(26-14-9-8-10-15-26)27-16-12-11-13-22(27)3/h6-10,13-18,21H,2,4-5,11-12,19-20,30H2,1,3H3/b18-17+,25-6-,29-28-,31-21?. The SMILES string of the molecule is C=CN=CC(=C\C)/C=C/C(=C)/C(C(=C)CCN)=C(/C1=CCCC=C1C)c1ccccc1. The lowest BCUT2D eigenvalue weighted by atomic mass is 9.81. The zero-order valence-electron chi connectivity index (χ0n) is 18.9. The van der Waals surface area contributed by atoms with Gasteiger partial charge in [0.15, 0.2) is 0 Å². The summed E-state index contributed by atoms with van der Waals surface area (Å²) < 4.78 is 0. The topological polar surface area (TPSA) is 38.4 Å². The van der Waals surface area contributed by atoms with E-state index in [1.165, 1.54) is 22.9 Å². The Balaban J connectivity index is 2.69. The highest BCUT2D eigenvalue weighted by atomic mass is 14.7. The summed E-state index contributed by atoms with van der Waals surface area (Å²) in [6.07, 6.45) is 16.8. The van der Waals surface area contributed by atoms with Gasteiger partial charge >= 0.3 is 0 Å². The number of aliphatic imine (C=N–C) groups is 1. The van der Waals surface area contributed by atoms with E-state index in [-0.39, 0.29) is 0 Å². The summed E-state index contributed by atoms with van der Waals surface area (Å²) in [6, 6.07) is 10.5. The third-order valence-corrected chi connectivity index (χ3v) is 5.23. The molecule has 2 rings (SSSR count). The second-order valence-electron chi connectivity index (χ2n) is 7.45. The maximum absolute atomic E-state index is 5.92. The zero-order valence-corrected chi connectivity index (χ0v) is 18.9. The van der Waals surface area contributed by atoms with Gasteiger partial charge in [0.2, 0.25) is 0 Å². The molecule has 0 saturated carbocycles. The smallest absolute Gasteiger partial charge is 0.0336 e. The van der Waals surface area contributed by atoms with Crippen LogP contribution in [0.15, 0.2) is 125 Å². The number of allylic oxidation sites excluding steroid dienone is 11. The van der Waals surface area contributed by atoms with Crippen molar-refractivity contribution in [3.05, 3.63) is 126 Å². The zero-order chi connectivity index (χ0) is 22.6. The molecule has 160 valence electrons. The fourth-order valence-electron chi connectivity index (χ4n) is 3.63. The normalized spacial score (nSPS) is 15.5. The van der Waals surface area contributed by atoms with Crippen LogP contribution < -0.4 is 5.73 Å². The van der Waals surface area contributed by atoms with Gasteiger partial charge in [-0.2, -0.15) is 0 Å². The van der Waals surface area contributed by atoms with Crippen LogP contribution in [0.5, 0.6) is 0 Å². The van der Waals surface area contributed by atoms with Crippen molar-refractivity contribution in [2.24, 2.45) is 10.7 Å². The molecule has 0 aliphatic heterocycles. The van der Waals surface area contributed by atoms with Gasteiger partial charge in [0.05, 0.1) is 0 Å². The van der Waals surface area contributed by atoms with Gasteiger partial charge in [0.25, 0.3) is 0 Å². The lowest BCUT2D eigenvalue weighted by molar-refractivity contribution is 0.964. The molecule has 2 N–H and O–H groups in total. The minimum absolute atomic E-state index is 0.543. The van der Waals surface area contributed by atoms with Gasteiger partial charge in [-0.25, -0.2) is 0 Å². The van der Waals surface area contributed by atoms with Gasteiger partial charge in [-0.15, -0.1) is 0 Å². The largest absolute Gasteiger partial charge is 0.330 e. The van der Waals surface area contributed by atoms with Crippen molar-refractivity contribution in [3.63, 3.8) is 0 Å². The van der Waals surface area contributed by atoms with Gasteiger partial charge < -0.3 is 5.73 Å². The Morgan fingerprint density at radius 2 is 1.81 bits per heavy atom. The van der Waals surface area contributed by atoms with Crippen molar-refractivity contribution >= 4 is 11.8 Å². The molecule has 1 aliphatic carbocycles. The number of hydrogen-bond donors (Lipinski definition) is 1. The summed E-state index contributed by atoms with van der Waals surface area (Å²) in [5, 5.41) is 0. The van der Waals surface area contributed by atoms with Crippen LogP contribution in [0.4, 0.5) is 0 Å². The molecule has 0 spiro atoms. The molecular formula is C29H34N2. The third-order valence-electron chi connectivity index (χ3n) is 5.23. The molecule has 1 aromatic carbocycles. The second-order valence-corrected chi connectivity index (χ2v) is 7.45. The summed E-state index contributed by atoms with van der Waals surface area (Å²) in [5.41, 5.74) is 14.7. The Labute approximate surface area is 188 Å². The van der Waals surface area contributed by atoms with E-state index in [2.05, 4.69) is 68.1 Å². The molecule has 0 aromatic heterocycles. The second kappa shape index (κ2) is 12.5. The molecule has 2 nitrogen and oxygen atoms in total. The number of rotatable bonds is 10. The first kappa shape index (κ1) is 24.0. The summed E-state index contributed by atoms with van der Waals surface area (Å²) in [4.78, 5) is 4.12. The molecule has 0 unspecified atom stereocenters. The van der Waals surface area contributed by atoms with Gasteiger partial charge in [-0.05, 0) is 84.2 Å². The number of benzene rings is 1. The van der Waals surface area contributed by atoms with Gasteiger partial charge in [-0.3, -0.25) is 4.99 Å². The van der Waals surface area contributed by atoms with Crippen LogP contribution >= 0.6 is 0 Å². The van der Waals surface area contributed by atoms with Crippen LogP contribution in [-0.2, 0) is 0 Å². The van der Waals surface area contributed by atoms with E-state index in [0.29, 0.717) is 13.0 Å². The molecule has 0 amide bonds. The third kappa shape index (κ3) is 6.63. The van der Waals surface area contributed by atoms with Crippen molar-refractivity contribution < 1.29 is 0 Å². The van der Waals surface area contributed by atoms with E-state index in [1.54, 1.807) is 6.21 Å². The van der Waals surface area contributed by atoms with E-state index in [1.807, 2.05) is 31.2 Å². The van der Waals surface area contributed by atoms with Crippen molar-refractivity contribution in [3.8, 4) is 0 Å². The Kier molecular flexibility index (Phi) is 9.67. The van der Waals surface area contributed by atoms with Gasteiger partial charge in [0, 0.05) is 12.4 Å². The lowest BCUT2D eigenvalue weighted by Gasteiger charge is -2.23. The van der Waals surface area contributed by atoms with Crippen LogP contribution in [0.3, 0.4) is 0 Å². The monoisotopic (exact) mass is 410 g/mol. The highest BCUT2D eigenvalue weighted by Gasteiger charge is 2.19. The molecule has 0 atom stereocenters. The highest BCUT2D eigenvalue weighted by molar-refractivity contribution is 5.91. The quantitative estimate of drug-likeness (QED) is 0.319. The molecule has 1 aromatic rings. The Bertz CT molecular complexity index is 992. The van der Waals surface area contributed by atoms with E-state index in [4.69, 9.17) is 5.73 Å². The summed E-state index contributed by atoms with van der Waals surface area (Å²) >= 11 is 0. The first-order valence-corrected chi connectivity index (χ1v) is 10.8. The number of nitrogens with two attached hydrogens (primary N) is 1. The Morgan fingerprint density at radius 1 is 1.10 bits per heavy atom. The molecule has 0 bridgehead atoms. The minimum Gasteiger partial charge on any atom is -0.330 e. The van der Waals surface area contributed by atoms with E-state index >= 15 is 0 Å². The van der Waals surface area contributed by atoms with E-state index in [9.17, 15) is 0 Å². The van der Waals surface area contributed by atoms with Crippen LogP contribution in [0.2, 0.25) is 0 Å². The fourth-order valence-corrected chi connectivity index (χ4v) is 3.63. The van der Waals surface area contributed by atoms with Crippen molar-refractivity contribution in [2.75, 3.05) is 6.54 Å². The van der Waals surface area contributed by atoms with Crippen LogP contribution in [-0.4, -0.2) is 12.8 Å². The average molecular weight is 411 g/mol. The maximum Gasteiger partial charge on any atom is 0.0336 e. The number of nitrogens with zero attached hydrogens (tertiary/aromatic N) is 1. The summed E-state index contributed by atoms with van der Waals surface area (Å²) in [7, 11) is 0. The van der Waals surface area contributed by atoms with Crippen LogP contribution in [0.1, 0.15) is 38.7 Å². The van der Waals surface area contributed by atoms with Gasteiger partial charge in [-0.1, -0.05) is 80.4 Å². The molecule has 2 heteroatoms. The van der Waals surface area contributed by atoms with Gasteiger partial charge in [0.1, 0.15) is 0 Å². The van der Waals surface area contributed by atoms with Crippen LogP contribution in [0.25, 0.3) is 5.57 Å². The Morgan fingerprint density at radius 3 is 2.42 bits per heavy atom.